The molecule has 0 aromatic heterocycles. The third-order valence-corrected chi connectivity index (χ3v) is 7.62. The van der Waals surface area contributed by atoms with E-state index in [2.05, 4.69) is 0 Å². The maximum absolute atomic E-state index is 12.0. The summed E-state index contributed by atoms with van der Waals surface area (Å²) < 4.78 is 23.4. The molecule has 0 saturated carbocycles. The summed E-state index contributed by atoms with van der Waals surface area (Å²) in [5.41, 5.74) is 5.55. The monoisotopic (exact) mass is 422 g/mol. The van der Waals surface area contributed by atoms with Gasteiger partial charge in [-0.05, 0) is 43.9 Å². The molecule has 1 saturated heterocycles. The van der Waals surface area contributed by atoms with Crippen molar-refractivity contribution in [2.45, 2.75) is 43.0 Å². The molecule has 0 bridgehead atoms. The Morgan fingerprint density at radius 3 is 2.54 bits per heavy atom. The van der Waals surface area contributed by atoms with E-state index in [0.717, 1.165) is 0 Å². The molecule has 146 valence electrons. The van der Waals surface area contributed by atoms with Crippen LogP contribution in [0.3, 0.4) is 0 Å². The van der Waals surface area contributed by atoms with Gasteiger partial charge in [0, 0.05) is 19.3 Å². The number of piperidine rings is 1. The minimum Gasteiger partial charge on any atom is -0.481 e. The largest absolute Gasteiger partial charge is 0.481 e. The minimum atomic E-state index is -3.12. The highest BCUT2D eigenvalue weighted by Gasteiger charge is 2.38. The van der Waals surface area contributed by atoms with Gasteiger partial charge in [0.15, 0.2) is 0 Å². The van der Waals surface area contributed by atoms with Gasteiger partial charge in [0.2, 0.25) is 0 Å². The van der Waals surface area contributed by atoms with E-state index in [-0.39, 0.29) is 0 Å². The van der Waals surface area contributed by atoms with Crippen molar-refractivity contribution in [3.63, 3.8) is 0 Å². The Kier molecular flexibility index (Phi) is 6.62. The molecule has 2 rings (SSSR count). The van der Waals surface area contributed by atoms with E-state index in [1.54, 1.807) is 25.1 Å². The number of carboxylic acid groups (broad SMARTS) is 1. The van der Waals surface area contributed by atoms with Crippen LogP contribution in [0.5, 0.6) is 0 Å². The number of rotatable bonds is 6. The van der Waals surface area contributed by atoms with Crippen molar-refractivity contribution in [1.82, 2.24) is 4.90 Å². The van der Waals surface area contributed by atoms with E-state index in [1.807, 2.05) is 4.90 Å². The zero-order valence-corrected chi connectivity index (χ0v) is 17.1. The summed E-state index contributed by atoms with van der Waals surface area (Å²) in [5, 5.41) is 10.0. The maximum Gasteiger partial charge on any atom is 0.313 e. The van der Waals surface area contributed by atoms with Gasteiger partial charge < -0.3 is 10.8 Å². The molecule has 3 atom stereocenters. The van der Waals surface area contributed by atoms with E-state index in [9.17, 15) is 18.3 Å². The SMILES string of the molecule is CC(CCN1CCC(S(C)(=O)=O)CC1N)(C(=O)O)c1ccc(Cl)c(Cl)c1. The van der Waals surface area contributed by atoms with Crippen molar-refractivity contribution in [2.24, 2.45) is 5.73 Å². The number of carbonyl (C=O) groups is 1. The quantitative estimate of drug-likeness (QED) is 0.729. The van der Waals surface area contributed by atoms with Crippen molar-refractivity contribution >= 4 is 39.0 Å². The number of aliphatic carboxylic acids is 1. The molecule has 3 unspecified atom stereocenters. The number of halogens is 2. The van der Waals surface area contributed by atoms with E-state index < -0.39 is 32.6 Å². The topological polar surface area (TPSA) is 101 Å². The summed E-state index contributed by atoms with van der Waals surface area (Å²) >= 11 is 12.0. The van der Waals surface area contributed by atoms with Gasteiger partial charge in [-0.3, -0.25) is 9.69 Å². The van der Waals surface area contributed by atoms with E-state index >= 15 is 0 Å². The Hall–Kier alpha value is -0.860. The van der Waals surface area contributed by atoms with Crippen LogP contribution in [0.25, 0.3) is 0 Å². The fraction of sp³-hybridized carbons (Fsp3) is 0.588. The molecule has 9 heteroatoms. The standard InChI is InChI=1S/C17H24Cl2N2O4S/c1-17(16(22)23,11-3-4-13(18)14(19)9-11)6-8-21-7-5-12(10-15(21)20)26(2,24)25/h3-4,9,12,15H,5-8,10,20H2,1-2H3,(H,22,23). The number of hydrogen-bond donors (Lipinski definition) is 2. The first-order valence-electron chi connectivity index (χ1n) is 8.32. The summed E-state index contributed by atoms with van der Waals surface area (Å²) in [7, 11) is -3.12. The summed E-state index contributed by atoms with van der Waals surface area (Å²) in [5.74, 6) is -0.963. The summed E-state index contributed by atoms with van der Waals surface area (Å²) in [4.78, 5) is 13.9. The predicted octanol–water partition coefficient (Wildman–Crippen LogP) is 2.52. The average molecular weight is 423 g/mol. The van der Waals surface area contributed by atoms with Crippen molar-refractivity contribution in [3.05, 3.63) is 33.8 Å². The minimum absolute atomic E-state index is 0.308. The van der Waals surface area contributed by atoms with Crippen molar-refractivity contribution in [1.29, 1.82) is 0 Å². The van der Waals surface area contributed by atoms with Gasteiger partial charge in [0.05, 0.1) is 26.9 Å². The summed E-state index contributed by atoms with van der Waals surface area (Å²) in [6.07, 6.45) is 2.00. The average Bonchev–Trinajstić information content (AvgIpc) is 2.54. The number of sulfone groups is 1. The van der Waals surface area contributed by atoms with Crippen LogP contribution < -0.4 is 5.73 Å². The van der Waals surface area contributed by atoms with Crippen LogP contribution in [0.4, 0.5) is 0 Å². The molecule has 0 amide bonds. The van der Waals surface area contributed by atoms with Gasteiger partial charge in [0.1, 0.15) is 9.84 Å². The molecular formula is C17H24Cl2N2O4S. The van der Waals surface area contributed by atoms with Crippen LogP contribution in [0, 0.1) is 0 Å². The zero-order valence-electron chi connectivity index (χ0n) is 14.8. The second-order valence-electron chi connectivity index (χ2n) is 7.10. The number of likely N-dealkylation sites (tertiary alicyclic amines) is 1. The van der Waals surface area contributed by atoms with Gasteiger partial charge in [-0.2, -0.15) is 0 Å². The molecule has 26 heavy (non-hydrogen) atoms. The normalized spacial score (nSPS) is 24.2. The molecular weight excluding hydrogens is 399 g/mol. The fourth-order valence-corrected chi connectivity index (χ4v) is 4.64. The maximum atomic E-state index is 12.0. The van der Waals surface area contributed by atoms with E-state index in [4.69, 9.17) is 28.9 Å². The van der Waals surface area contributed by atoms with Crippen LogP contribution in [0.15, 0.2) is 18.2 Å². The molecule has 1 aromatic carbocycles. The molecule has 1 heterocycles. The molecule has 0 radical (unpaired) electrons. The summed E-state index contributed by atoms with van der Waals surface area (Å²) in [6, 6.07) is 4.83. The van der Waals surface area contributed by atoms with Crippen LogP contribution in [-0.2, 0) is 20.0 Å². The number of nitrogens with zero attached hydrogens (tertiary/aromatic N) is 1. The predicted molar refractivity (Wildman–Crippen MR) is 103 cm³/mol. The third kappa shape index (κ3) is 4.70. The summed E-state index contributed by atoms with van der Waals surface area (Å²) in [6.45, 7) is 2.61. The first-order valence-corrected chi connectivity index (χ1v) is 11.0. The highest BCUT2D eigenvalue weighted by Crippen LogP contribution is 2.33. The molecule has 3 N–H and O–H groups in total. The smallest absolute Gasteiger partial charge is 0.313 e. The number of benzene rings is 1. The fourth-order valence-electron chi connectivity index (χ4n) is 3.26. The van der Waals surface area contributed by atoms with Crippen LogP contribution in [0.1, 0.15) is 31.7 Å². The lowest BCUT2D eigenvalue weighted by Crippen LogP contribution is -2.52. The molecule has 1 aliphatic heterocycles. The van der Waals surface area contributed by atoms with Gasteiger partial charge in [0.25, 0.3) is 0 Å². The lowest BCUT2D eigenvalue weighted by molar-refractivity contribution is -0.143. The molecule has 1 fully saturated rings. The first kappa shape index (κ1) is 21.4. The third-order valence-electron chi connectivity index (χ3n) is 5.24. The Bertz CT molecular complexity index is 787. The molecule has 0 aliphatic carbocycles. The zero-order chi connectivity index (χ0) is 19.7. The van der Waals surface area contributed by atoms with Gasteiger partial charge in [-0.25, -0.2) is 8.42 Å². The second kappa shape index (κ2) is 8.02. The Labute approximate surface area is 164 Å². The lowest BCUT2D eigenvalue weighted by Gasteiger charge is -2.38. The van der Waals surface area contributed by atoms with E-state index in [1.165, 1.54) is 6.26 Å². The van der Waals surface area contributed by atoms with E-state index in [0.29, 0.717) is 48.0 Å². The van der Waals surface area contributed by atoms with Crippen molar-refractivity contribution in [2.75, 3.05) is 19.3 Å². The van der Waals surface area contributed by atoms with Gasteiger partial charge in [-0.15, -0.1) is 0 Å². The molecule has 0 spiro atoms. The number of carboxylic acids is 1. The highest BCUT2D eigenvalue weighted by atomic mass is 35.5. The Balaban J connectivity index is 2.12. The van der Waals surface area contributed by atoms with Gasteiger partial charge >= 0.3 is 5.97 Å². The number of nitrogens with two attached hydrogens (primary N) is 1. The lowest BCUT2D eigenvalue weighted by atomic mass is 9.79. The van der Waals surface area contributed by atoms with Crippen LogP contribution >= 0.6 is 23.2 Å². The van der Waals surface area contributed by atoms with Crippen molar-refractivity contribution < 1.29 is 18.3 Å². The van der Waals surface area contributed by atoms with Crippen LogP contribution in [0.2, 0.25) is 10.0 Å². The second-order valence-corrected chi connectivity index (χ2v) is 10.2. The molecule has 6 nitrogen and oxygen atoms in total. The van der Waals surface area contributed by atoms with Crippen LogP contribution in [-0.4, -0.2) is 55.2 Å². The Morgan fingerprint density at radius 1 is 1.38 bits per heavy atom. The first-order chi connectivity index (χ1) is 11.9. The molecule has 1 aromatic rings. The molecule has 1 aliphatic rings. The van der Waals surface area contributed by atoms with Crippen molar-refractivity contribution in [3.8, 4) is 0 Å². The van der Waals surface area contributed by atoms with Gasteiger partial charge in [-0.1, -0.05) is 29.3 Å². The highest BCUT2D eigenvalue weighted by molar-refractivity contribution is 7.91. The Morgan fingerprint density at radius 2 is 2.04 bits per heavy atom. The number of hydrogen-bond acceptors (Lipinski definition) is 5.